The summed E-state index contributed by atoms with van der Waals surface area (Å²) in [5, 5.41) is 27.5. The van der Waals surface area contributed by atoms with Crippen LogP contribution in [0.3, 0.4) is 0 Å². The van der Waals surface area contributed by atoms with Crippen LogP contribution in [-0.4, -0.2) is 59.9 Å². The van der Waals surface area contributed by atoms with E-state index in [4.69, 9.17) is 0 Å². The number of nitrogens with zero attached hydrogens (tertiary/aromatic N) is 4. The Morgan fingerprint density at radius 3 is 2.48 bits per heavy atom. The lowest BCUT2D eigenvalue weighted by Crippen LogP contribution is -2.38. The van der Waals surface area contributed by atoms with Gasteiger partial charge in [-0.15, -0.1) is 10.3 Å². The van der Waals surface area contributed by atoms with E-state index < -0.39 is 12.1 Å². The van der Waals surface area contributed by atoms with Crippen LogP contribution in [0.1, 0.15) is 19.3 Å². The molecule has 0 saturated heterocycles. The summed E-state index contributed by atoms with van der Waals surface area (Å²) in [5.41, 5.74) is 0.778. The summed E-state index contributed by atoms with van der Waals surface area (Å²) >= 11 is 0. The second kappa shape index (κ2) is 9.02. The molecule has 3 N–H and O–H groups in total. The first-order valence-electron chi connectivity index (χ1n) is 8.38. The maximum Gasteiger partial charge on any atom is 0.471 e. The second-order valence-corrected chi connectivity index (χ2v) is 6.12. The number of amides is 1. The van der Waals surface area contributed by atoms with Crippen LogP contribution in [0.15, 0.2) is 29.4 Å². The standard InChI is InChI=1S/C16H22F3N5O3/c1-22(11-5-9-20-15(25)16(17,18)19)10-4-8-14-21-24(27)13-7-3-2-6-12(13)23(14)26/h2-3,6-7,26-27H,4-5,8-11H2,1H3,(H,20,25). The van der Waals surface area contributed by atoms with Crippen LogP contribution in [0, 0.1) is 0 Å². The normalized spacial score (nSPS) is 14.3. The van der Waals surface area contributed by atoms with Gasteiger partial charge in [-0.2, -0.15) is 13.2 Å². The molecule has 8 nitrogen and oxygen atoms in total. The first-order chi connectivity index (χ1) is 12.7. The van der Waals surface area contributed by atoms with Crippen molar-refractivity contribution in [3.05, 3.63) is 24.3 Å². The van der Waals surface area contributed by atoms with Crippen LogP contribution in [0.5, 0.6) is 0 Å². The van der Waals surface area contributed by atoms with E-state index >= 15 is 0 Å². The molecule has 11 heteroatoms. The topological polar surface area (TPSA) is 91.6 Å². The number of halogens is 3. The van der Waals surface area contributed by atoms with Crippen molar-refractivity contribution < 1.29 is 28.4 Å². The van der Waals surface area contributed by atoms with Crippen molar-refractivity contribution in [2.24, 2.45) is 5.10 Å². The molecule has 1 aliphatic heterocycles. The fourth-order valence-electron chi connectivity index (χ4n) is 2.58. The van der Waals surface area contributed by atoms with E-state index in [0.717, 1.165) is 5.06 Å². The van der Waals surface area contributed by atoms with E-state index in [9.17, 15) is 28.4 Å². The van der Waals surface area contributed by atoms with Crippen LogP contribution in [0.4, 0.5) is 24.5 Å². The van der Waals surface area contributed by atoms with Crippen molar-refractivity contribution in [1.29, 1.82) is 0 Å². The second-order valence-electron chi connectivity index (χ2n) is 6.12. The number of hydrazone groups is 1. The van der Waals surface area contributed by atoms with Crippen LogP contribution < -0.4 is 15.6 Å². The number of fused-ring (bicyclic) bond motifs is 1. The van der Waals surface area contributed by atoms with E-state index in [1.165, 1.54) is 0 Å². The Balaban J connectivity index is 1.70. The molecular weight excluding hydrogens is 367 g/mol. The highest BCUT2D eigenvalue weighted by atomic mass is 19.4. The molecule has 27 heavy (non-hydrogen) atoms. The summed E-state index contributed by atoms with van der Waals surface area (Å²) in [7, 11) is 1.80. The van der Waals surface area contributed by atoms with Crippen LogP contribution in [0.2, 0.25) is 0 Å². The predicted molar refractivity (Wildman–Crippen MR) is 92.8 cm³/mol. The molecule has 1 aromatic carbocycles. The summed E-state index contributed by atoms with van der Waals surface area (Å²) in [6, 6.07) is 6.70. The Kier molecular flexibility index (Phi) is 6.99. The number of benzene rings is 1. The molecule has 2 rings (SSSR count). The Labute approximate surface area is 154 Å². The maximum absolute atomic E-state index is 12.1. The Morgan fingerprint density at radius 2 is 1.81 bits per heavy atom. The third kappa shape index (κ3) is 5.81. The minimum atomic E-state index is -4.86. The summed E-state index contributed by atoms with van der Waals surface area (Å²) in [4.78, 5) is 12.6. The van der Waals surface area contributed by atoms with E-state index in [1.54, 1.807) is 31.3 Å². The number of para-hydroxylation sites is 2. The molecule has 0 fully saturated rings. The van der Waals surface area contributed by atoms with Gasteiger partial charge in [-0.1, -0.05) is 12.1 Å². The van der Waals surface area contributed by atoms with Crippen molar-refractivity contribution in [3.8, 4) is 0 Å². The van der Waals surface area contributed by atoms with E-state index in [1.807, 2.05) is 10.2 Å². The summed E-state index contributed by atoms with van der Waals surface area (Å²) in [6.07, 6.45) is -3.49. The molecule has 0 unspecified atom stereocenters. The molecule has 0 atom stereocenters. The minimum absolute atomic E-state index is 0.0595. The molecule has 0 bridgehead atoms. The van der Waals surface area contributed by atoms with Gasteiger partial charge in [0.25, 0.3) is 0 Å². The number of nitrogens with one attached hydrogen (secondary N) is 1. The lowest BCUT2D eigenvalue weighted by molar-refractivity contribution is -0.173. The van der Waals surface area contributed by atoms with Gasteiger partial charge in [0.15, 0.2) is 5.84 Å². The van der Waals surface area contributed by atoms with E-state index in [2.05, 4.69) is 5.10 Å². The zero-order valence-electron chi connectivity index (χ0n) is 14.8. The molecule has 0 aromatic heterocycles. The summed E-state index contributed by atoms with van der Waals surface area (Å²) in [6.45, 7) is 1.05. The largest absolute Gasteiger partial charge is 0.471 e. The zero-order valence-corrected chi connectivity index (χ0v) is 14.8. The molecule has 0 radical (unpaired) electrons. The highest BCUT2D eigenvalue weighted by Crippen LogP contribution is 2.31. The van der Waals surface area contributed by atoms with Gasteiger partial charge in [0.1, 0.15) is 5.69 Å². The average Bonchev–Trinajstić information content (AvgIpc) is 2.62. The smallest absolute Gasteiger partial charge is 0.348 e. The molecular formula is C16H22F3N5O3. The van der Waals surface area contributed by atoms with Crippen molar-refractivity contribution in [2.45, 2.75) is 25.4 Å². The van der Waals surface area contributed by atoms with Gasteiger partial charge in [-0.25, -0.2) is 5.06 Å². The summed E-state index contributed by atoms with van der Waals surface area (Å²) < 4.78 is 36.2. The predicted octanol–water partition coefficient (Wildman–Crippen LogP) is 2.19. The first-order valence-corrected chi connectivity index (χ1v) is 8.38. The number of alkyl halides is 3. The number of hydrogen-bond donors (Lipinski definition) is 3. The van der Waals surface area contributed by atoms with Gasteiger partial charge in [-0.05, 0) is 45.1 Å². The molecule has 0 saturated carbocycles. The molecule has 1 amide bonds. The van der Waals surface area contributed by atoms with E-state index in [0.29, 0.717) is 48.9 Å². The molecule has 0 spiro atoms. The molecule has 150 valence electrons. The van der Waals surface area contributed by atoms with Crippen LogP contribution in [-0.2, 0) is 4.79 Å². The monoisotopic (exact) mass is 389 g/mol. The average molecular weight is 389 g/mol. The van der Waals surface area contributed by atoms with Crippen molar-refractivity contribution in [2.75, 3.05) is 36.9 Å². The van der Waals surface area contributed by atoms with Crippen LogP contribution in [0.25, 0.3) is 0 Å². The Bertz CT molecular complexity index is 684. The maximum atomic E-state index is 12.1. The number of carbonyl (C=O) groups excluding carboxylic acids is 1. The summed E-state index contributed by atoms with van der Waals surface area (Å²) in [5.74, 6) is -1.65. The van der Waals surface area contributed by atoms with Gasteiger partial charge in [0.05, 0.1) is 5.69 Å². The lowest BCUT2D eigenvalue weighted by Gasteiger charge is -2.29. The Hall–Kier alpha value is -2.37. The molecule has 0 aliphatic carbocycles. The van der Waals surface area contributed by atoms with Crippen LogP contribution >= 0.6 is 0 Å². The highest BCUT2D eigenvalue weighted by Gasteiger charge is 2.38. The Morgan fingerprint density at radius 1 is 1.19 bits per heavy atom. The number of carbonyl (C=O) groups is 1. The fraction of sp³-hybridized carbons (Fsp3) is 0.500. The molecule has 1 heterocycles. The quantitative estimate of drug-likeness (QED) is 0.591. The number of rotatable bonds is 8. The van der Waals surface area contributed by atoms with Crippen molar-refractivity contribution in [1.82, 2.24) is 10.2 Å². The minimum Gasteiger partial charge on any atom is -0.348 e. The fourth-order valence-corrected chi connectivity index (χ4v) is 2.58. The lowest BCUT2D eigenvalue weighted by atomic mass is 10.2. The van der Waals surface area contributed by atoms with Gasteiger partial charge in [-0.3, -0.25) is 15.2 Å². The first kappa shape index (κ1) is 20.9. The third-order valence-electron chi connectivity index (χ3n) is 3.98. The van der Waals surface area contributed by atoms with Gasteiger partial charge in [0, 0.05) is 13.0 Å². The highest BCUT2D eigenvalue weighted by molar-refractivity contribution is 6.01. The van der Waals surface area contributed by atoms with Crippen molar-refractivity contribution in [3.63, 3.8) is 0 Å². The molecule has 1 aliphatic rings. The number of anilines is 2. The molecule has 1 aromatic rings. The SMILES string of the molecule is CN(CCCNC(=O)C(F)(F)F)CCCC1=NN(O)c2ccccc2N1O. The van der Waals surface area contributed by atoms with Gasteiger partial charge < -0.3 is 10.2 Å². The number of amidine groups is 1. The van der Waals surface area contributed by atoms with Crippen molar-refractivity contribution >= 4 is 23.1 Å². The number of hydrogen-bond acceptors (Lipinski definition) is 7. The number of hydroxylamine groups is 1. The van der Waals surface area contributed by atoms with Gasteiger partial charge >= 0.3 is 12.1 Å². The van der Waals surface area contributed by atoms with Gasteiger partial charge in [0.2, 0.25) is 0 Å². The van der Waals surface area contributed by atoms with E-state index in [-0.39, 0.29) is 12.4 Å². The third-order valence-corrected chi connectivity index (χ3v) is 3.98. The zero-order chi connectivity index (χ0) is 20.0.